The lowest BCUT2D eigenvalue weighted by molar-refractivity contribution is 0.0640. The van der Waals surface area contributed by atoms with Crippen LogP contribution in [-0.2, 0) is 0 Å². The maximum atomic E-state index is 12.3. The van der Waals surface area contributed by atoms with E-state index in [0.29, 0.717) is 6.54 Å². The molecular weight excluding hydrogens is 312 g/mol. The van der Waals surface area contributed by atoms with Crippen molar-refractivity contribution in [2.75, 3.05) is 39.3 Å². The lowest BCUT2D eigenvalue weighted by atomic mass is 10.1. The van der Waals surface area contributed by atoms with E-state index in [-0.39, 0.29) is 17.5 Å². The highest BCUT2D eigenvalue weighted by Gasteiger charge is 2.22. The molecule has 1 fully saturated rings. The molecule has 3 amide bonds. The summed E-state index contributed by atoms with van der Waals surface area (Å²) in [5, 5.41) is 9.57. The summed E-state index contributed by atoms with van der Waals surface area (Å²) in [5.74, 6) is 0.119. The van der Waals surface area contributed by atoms with Gasteiger partial charge in [-0.15, -0.1) is 0 Å². The van der Waals surface area contributed by atoms with Gasteiger partial charge in [-0.1, -0.05) is 0 Å². The monoisotopic (exact) mass is 338 g/mol. The summed E-state index contributed by atoms with van der Waals surface area (Å²) in [6.45, 7) is 10.4. The molecule has 2 rings (SSSR count). The van der Waals surface area contributed by atoms with E-state index in [0.717, 1.165) is 38.3 Å². The van der Waals surface area contributed by atoms with E-state index in [2.05, 4.69) is 15.5 Å². The van der Waals surface area contributed by atoms with Crippen LogP contribution in [-0.4, -0.2) is 66.5 Å². The third kappa shape index (κ3) is 5.84. The van der Waals surface area contributed by atoms with Crippen LogP contribution in [0.2, 0.25) is 0 Å². The van der Waals surface area contributed by atoms with E-state index in [1.807, 2.05) is 42.5 Å². The fourth-order valence-corrected chi connectivity index (χ4v) is 3.09. The van der Waals surface area contributed by atoms with E-state index >= 15 is 0 Å². The molecule has 1 aromatic heterocycles. The predicted octanol–water partition coefficient (Wildman–Crippen LogP) is 1.60. The Morgan fingerprint density at radius 1 is 1.22 bits per heavy atom. The Morgan fingerprint density at radius 2 is 1.91 bits per heavy atom. The molecule has 2 N–H and O–H groups in total. The number of carbonyl (C=O) groups excluding carboxylic acids is 2. The number of hydrogen-bond acceptors (Lipinski definition) is 4. The molecule has 0 aliphatic carbocycles. The van der Waals surface area contributed by atoms with Crippen molar-refractivity contribution in [3.8, 4) is 0 Å². The van der Waals surface area contributed by atoms with E-state index in [1.54, 1.807) is 11.3 Å². The highest BCUT2D eigenvalue weighted by Crippen LogP contribution is 2.11. The Morgan fingerprint density at radius 3 is 2.48 bits per heavy atom. The molecule has 1 saturated heterocycles. The number of nitrogens with one attached hydrogen (secondary N) is 2. The van der Waals surface area contributed by atoms with Gasteiger partial charge in [-0.25, -0.2) is 4.79 Å². The van der Waals surface area contributed by atoms with Crippen LogP contribution in [0, 0.1) is 0 Å². The second-order valence-electron chi connectivity index (χ2n) is 6.78. The lowest BCUT2D eigenvalue weighted by Crippen LogP contribution is -2.51. The number of urea groups is 1. The van der Waals surface area contributed by atoms with Crippen molar-refractivity contribution in [2.45, 2.75) is 26.3 Å². The molecule has 2 heterocycles. The van der Waals surface area contributed by atoms with Crippen molar-refractivity contribution >= 4 is 23.3 Å². The van der Waals surface area contributed by atoms with E-state index in [9.17, 15) is 9.59 Å². The number of amides is 3. The highest BCUT2D eigenvalue weighted by atomic mass is 32.1. The highest BCUT2D eigenvalue weighted by molar-refractivity contribution is 7.08. The summed E-state index contributed by atoms with van der Waals surface area (Å²) in [4.78, 5) is 28.1. The summed E-state index contributed by atoms with van der Waals surface area (Å²) >= 11 is 1.55. The molecule has 0 radical (unpaired) electrons. The van der Waals surface area contributed by atoms with Gasteiger partial charge in [-0.2, -0.15) is 11.3 Å². The number of carbonyl (C=O) groups is 2. The molecule has 7 heteroatoms. The minimum absolute atomic E-state index is 0.119. The maximum absolute atomic E-state index is 12.3. The third-order valence-electron chi connectivity index (χ3n) is 3.63. The fraction of sp³-hybridized carbons (Fsp3) is 0.625. The molecule has 0 bridgehead atoms. The fourth-order valence-electron chi connectivity index (χ4n) is 2.46. The number of hydrogen-bond donors (Lipinski definition) is 2. The van der Waals surface area contributed by atoms with Crippen molar-refractivity contribution in [3.63, 3.8) is 0 Å². The van der Waals surface area contributed by atoms with Gasteiger partial charge in [0.25, 0.3) is 5.91 Å². The molecule has 6 nitrogen and oxygen atoms in total. The second-order valence-corrected chi connectivity index (χ2v) is 7.56. The molecule has 0 saturated carbocycles. The van der Waals surface area contributed by atoms with Gasteiger partial charge in [-0.3, -0.25) is 9.69 Å². The Kier molecular flexibility index (Phi) is 6.01. The average molecular weight is 338 g/mol. The minimum atomic E-state index is -0.224. The smallest absolute Gasteiger partial charge is 0.315 e. The zero-order chi connectivity index (χ0) is 16.9. The van der Waals surface area contributed by atoms with E-state index in [4.69, 9.17) is 0 Å². The summed E-state index contributed by atoms with van der Waals surface area (Å²) in [7, 11) is 0. The summed E-state index contributed by atoms with van der Waals surface area (Å²) in [6, 6.07) is 1.74. The van der Waals surface area contributed by atoms with Crippen LogP contribution in [0.5, 0.6) is 0 Å². The van der Waals surface area contributed by atoms with Crippen LogP contribution in [0.25, 0.3) is 0 Å². The van der Waals surface area contributed by atoms with Crippen molar-refractivity contribution in [3.05, 3.63) is 22.4 Å². The van der Waals surface area contributed by atoms with Gasteiger partial charge in [-0.05, 0) is 32.2 Å². The summed E-state index contributed by atoms with van der Waals surface area (Å²) in [6.07, 6.45) is 0. The van der Waals surface area contributed by atoms with Crippen LogP contribution >= 0.6 is 11.3 Å². The third-order valence-corrected chi connectivity index (χ3v) is 4.31. The average Bonchev–Trinajstić information content (AvgIpc) is 2.99. The van der Waals surface area contributed by atoms with Gasteiger partial charge < -0.3 is 15.5 Å². The standard InChI is InChI=1S/C16H26N4O2S/c1-16(2,3)18-15(22)17-5-6-19-7-9-20(10-8-19)14(21)13-4-11-23-12-13/h4,11-12H,5-10H2,1-3H3,(H2,17,18,22). The summed E-state index contributed by atoms with van der Waals surface area (Å²) < 4.78 is 0. The normalized spacial score (nSPS) is 16.2. The Bertz CT molecular complexity index is 517. The van der Waals surface area contributed by atoms with Crippen molar-refractivity contribution in [1.29, 1.82) is 0 Å². The first-order valence-corrected chi connectivity index (χ1v) is 8.89. The SMILES string of the molecule is CC(C)(C)NC(=O)NCCN1CCN(C(=O)c2ccsc2)CC1. The number of piperazine rings is 1. The number of nitrogens with zero attached hydrogens (tertiary/aromatic N) is 2. The molecule has 0 spiro atoms. The molecule has 1 aromatic rings. The lowest BCUT2D eigenvalue weighted by Gasteiger charge is -2.34. The first kappa shape index (κ1) is 17.7. The largest absolute Gasteiger partial charge is 0.337 e. The van der Waals surface area contributed by atoms with Crippen LogP contribution in [0.4, 0.5) is 4.79 Å². The van der Waals surface area contributed by atoms with Gasteiger partial charge in [0.2, 0.25) is 0 Å². The quantitative estimate of drug-likeness (QED) is 0.876. The maximum Gasteiger partial charge on any atom is 0.315 e. The Balaban J connectivity index is 1.65. The van der Waals surface area contributed by atoms with Crippen molar-refractivity contribution in [2.24, 2.45) is 0 Å². The molecule has 23 heavy (non-hydrogen) atoms. The van der Waals surface area contributed by atoms with Gasteiger partial charge in [0.1, 0.15) is 0 Å². The molecule has 0 unspecified atom stereocenters. The number of rotatable bonds is 4. The van der Waals surface area contributed by atoms with Gasteiger partial charge in [0.15, 0.2) is 0 Å². The molecule has 128 valence electrons. The number of thiophene rings is 1. The second kappa shape index (κ2) is 7.79. The summed E-state index contributed by atoms with van der Waals surface area (Å²) in [5.41, 5.74) is 0.557. The van der Waals surface area contributed by atoms with Crippen molar-refractivity contribution < 1.29 is 9.59 Å². The minimum Gasteiger partial charge on any atom is -0.337 e. The van der Waals surface area contributed by atoms with Crippen LogP contribution < -0.4 is 10.6 Å². The van der Waals surface area contributed by atoms with Crippen LogP contribution in [0.15, 0.2) is 16.8 Å². The molecule has 1 aliphatic rings. The molecule has 1 aliphatic heterocycles. The zero-order valence-electron chi connectivity index (χ0n) is 14.1. The topological polar surface area (TPSA) is 64.7 Å². The molecular formula is C16H26N4O2S. The predicted molar refractivity (Wildman–Crippen MR) is 92.9 cm³/mol. The van der Waals surface area contributed by atoms with Crippen molar-refractivity contribution in [1.82, 2.24) is 20.4 Å². The van der Waals surface area contributed by atoms with E-state index in [1.165, 1.54) is 0 Å². The van der Waals surface area contributed by atoms with Gasteiger partial charge >= 0.3 is 6.03 Å². The Hall–Kier alpha value is -1.60. The zero-order valence-corrected chi connectivity index (χ0v) is 14.9. The first-order chi connectivity index (χ1) is 10.8. The van der Waals surface area contributed by atoms with Crippen LogP contribution in [0.3, 0.4) is 0 Å². The van der Waals surface area contributed by atoms with Crippen LogP contribution in [0.1, 0.15) is 31.1 Å². The molecule has 0 aromatic carbocycles. The van der Waals surface area contributed by atoms with Gasteiger partial charge in [0, 0.05) is 50.2 Å². The first-order valence-electron chi connectivity index (χ1n) is 7.95. The van der Waals surface area contributed by atoms with Gasteiger partial charge in [0.05, 0.1) is 5.56 Å². The Labute approximate surface area is 141 Å². The van der Waals surface area contributed by atoms with E-state index < -0.39 is 0 Å². The molecule has 0 atom stereocenters.